The number of carboxylic acid groups (broad SMARTS) is 1. The van der Waals surface area contributed by atoms with Gasteiger partial charge in [-0.2, -0.15) is 0 Å². The highest BCUT2D eigenvalue weighted by molar-refractivity contribution is 5.77. The first-order chi connectivity index (χ1) is 10.4. The topological polar surface area (TPSA) is 84.9 Å². The molecule has 0 unspecified atom stereocenters. The van der Waals surface area contributed by atoms with Crippen molar-refractivity contribution in [1.82, 2.24) is 5.32 Å². The second kappa shape index (κ2) is 8.26. The van der Waals surface area contributed by atoms with Crippen LogP contribution in [0.15, 0.2) is 18.2 Å². The Morgan fingerprint density at radius 3 is 2.41 bits per heavy atom. The van der Waals surface area contributed by atoms with Crippen LogP contribution in [0.1, 0.15) is 38.3 Å². The SMILES string of the molecule is COc1ccc(OC)c([C@@H](C)NC(=O)C[C@@H](C)CC(=O)O)c1. The van der Waals surface area contributed by atoms with E-state index >= 15 is 0 Å². The number of ether oxygens (including phenoxy) is 2. The van der Waals surface area contributed by atoms with Gasteiger partial charge in [0.1, 0.15) is 11.5 Å². The number of benzene rings is 1. The minimum atomic E-state index is -0.900. The first-order valence-corrected chi connectivity index (χ1v) is 7.10. The van der Waals surface area contributed by atoms with Crippen LogP contribution in [0.3, 0.4) is 0 Å². The van der Waals surface area contributed by atoms with E-state index in [0.717, 1.165) is 5.56 Å². The smallest absolute Gasteiger partial charge is 0.303 e. The summed E-state index contributed by atoms with van der Waals surface area (Å²) in [7, 11) is 3.14. The monoisotopic (exact) mass is 309 g/mol. The van der Waals surface area contributed by atoms with Gasteiger partial charge in [0.15, 0.2) is 0 Å². The summed E-state index contributed by atoms with van der Waals surface area (Å²) in [6.07, 6.45) is 0.146. The molecule has 0 aliphatic carbocycles. The van der Waals surface area contributed by atoms with Crippen molar-refractivity contribution < 1.29 is 24.2 Å². The summed E-state index contributed by atoms with van der Waals surface area (Å²) in [5, 5.41) is 11.6. The van der Waals surface area contributed by atoms with Crippen molar-refractivity contribution in [2.75, 3.05) is 14.2 Å². The quantitative estimate of drug-likeness (QED) is 0.770. The van der Waals surface area contributed by atoms with E-state index < -0.39 is 5.97 Å². The Balaban J connectivity index is 2.73. The molecule has 1 rings (SSSR count). The summed E-state index contributed by atoms with van der Waals surface area (Å²) in [4.78, 5) is 22.6. The number of rotatable bonds is 8. The minimum absolute atomic E-state index is 0.0235. The standard InChI is InChI=1S/C16H23NO5/c1-10(8-16(19)20)7-15(18)17-11(2)13-9-12(21-3)5-6-14(13)22-4/h5-6,9-11H,7-8H2,1-4H3,(H,17,18)(H,19,20)/t10-,11-/m1/s1. The molecule has 22 heavy (non-hydrogen) atoms. The number of aliphatic carboxylic acids is 1. The van der Waals surface area contributed by atoms with Crippen molar-refractivity contribution >= 4 is 11.9 Å². The van der Waals surface area contributed by atoms with Crippen molar-refractivity contribution in [3.63, 3.8) is 0 Å². The van der Waals surface area contributed by atoms with E-state index in [2.05, 4.69) is 5.32 Å². The summed E-state index contributed by atoms with van der Waals surface area (Å²) in [6.45, 7) is 3.58. The molecule has 0 saturated heterocycles. The molecule has 1 aromatic carbocycles. The van der Waals surface area contributed by atoms with Crippen LogP contribution in [0.2, 0.25) is 0 Å². The van der Waals surface area contributed by atoms with Crippen molar-refractivity contribution in [2.24, 2.45) is 5.92 Å². The van der Waals surface area contributed by atoms with Crippen molar-refractivity contribution in [1.29, 1.82) is 0 Å². The Labute approximate surface area is 130 Å². The van der Waals surface area contributed by atoms with Crippen LogP contribution in [-0.4, -0.2) is 31.2 Å². The normalized spacial score (nSPS) is 13.1. The van der Waals surface area contributed by atoms with E-state index in [9.17, 15) is 9.59 Å². The zero-order chi connectivity index (χ0) is 16.7. The van der Waals surface area contributed by atoms with E-state index in [1.807, 2.05) is 13.0 Å². The fourth-order valence-electron chi connectivity index (χ4n) is 2.24. The van der Waals surface area contributed by atoms with Crippen LogP contribution >= 0.6 is 0 Å². The summed E-state index contributed by atoms with van der Waals surface area (Å²) < 4.78 is 10.5. The molecule has 2 N–H and O–H groups in total. The first-order valence-electron chi connectivity index (χ1n) is 7.10. The molecule has 2 atom stereocenters. The third kappa shape index (κ3) is 5.27. The van der Waals surface area contributed by atoms with E-state index in [4.69, 9.17) is 14.6 Å². The van der Waals surface area contributed by atoms with Gasteiger partial charge in [-0.25, -0.2) is 0 Å². The van der Waals surface area contributed by atoms with Gasteiger partial charge in [0.2, 0.25) is 5.91 Å². The Kier molecular flexibility index (Phi) is 6.69. The number of hydrogen-bond donors (Lipinski definition) is 2. The molecule has 0 radical (unpaired) electrons. The molecule has 0 fully saturated rings. The molecule has 0 aliphatic heterocycles. The number of methoxy groups -OCH3 is 2. The van der Waals surface area contributed by atoms with Crippen LogP contribution in [0.5, 0.6) is 11.5 Å². The second-order valence-electron chi connectivity index (χ2n) is 5.30. The van der Waals surface area contributed by atoms with Gasteiger partial charge in [-0.05, 0) is 31.0 Å². The Hall–Kier alpha value is -2.24. The lowest BCUT2D eigenvalue weighted by Gasteiger charge is -2.19. The van der Waals surface area contributed by atoms with Crippen LogP contribution in [0, 0.1) is 5.92 Å². The summed E-state index contributed by atoms with van der Waals surface area (Å²) in [6, 6.07) is 5.11. The lowest BCUT2D eigenvalue weighted by molar-refractivity contribution is -0.138. The molecule has 0 spiro atoms. The van der Waals surface area contributed by atoms with Crippen LogP contribution in [0.25, 0.3) is 0 Å². The maximum absolute atomic E-state index is 12.0. The fraction of sp³-hybridized carbons (Fsp3) is 0.500. The van der Waals surface area contributed by atoms with Crippen LogP contribution in [0.4, 0.5) is 0 Å². The molecule has 0 heterocycles. The fourth-order valence-corrected chi connectivity index (χ4v) is 2.24. The number of amides is 1. The molecule has 6 heteroatoms. The zero-order valence-corrected chi connectivity index (χ0v) is 13.4. The number of carboxylic acids is 1. The maximum atomic E-state index is 12.0. The molecule has 1 aromatic rings. The molecule has 1 amide bonds. The average Bonchev–Trinajstić information content (AvgIpc) is 2.45. The van der Waals surface area contributed by atoms with Crippen LogP contribution < -0.4 is 14.8 Å². The van der Waals surface area contributed by atoms with Gasteiger partial charge >= 0.3 is 5.97 Å². The van der Waals surface area contributed by atoms with Crippen molar-refractivity contribution in [3.05, 3.63) is 23.8 Å². The first kappa shape index (κ1) is 17.8. The highest BCUT2D eigenvalue weighted by Crippen LogP contribution is 2.29. The van der Waals surface area contributed by atoms with Gasteiger partial charge in [-0.3, -0.25) is 9.59 Å². The number of carbonyl (C=O) groups excluding carboxylic acids is 1. The predicted octanol–water partition coefficient (Wildman–Crippen LogP) is 2.38. The van der Waals surface area contributed by atoms with Gasteiger partial charge in [-0.1, -0.05) is 6.92 Å². The molecule has 6 nitrogen and oxygen atoms in total. The van der Waals surface area contributed by atoms with E-state index in [1.54, 1.807) is 33.3 Å². The molecular weight excluding hydrogens is 286 g/mol. The number of nitrogens with one attached hydrogen (secondary N) is 1. The third-order valence-electron chi connectivity index (χ3n) is 3.34. The van der Waals surface area contributed by atoms with E-state index in [-0.39, 0.29) is 30.7 Å². The molecule has 0 bridgehead atoms. The lowest BCUT2D eigenvalue weighted by Crippen LogP contribution is -2.28. The second-order valence-corrected chi connectivity index (χ2v) is 5.30. The van der Waals surface area contributed by atoms with Gasteiger partial charge in [0.25, 0.3) is 0 Å². The molecule has 0 aliphatic rings. The largest absolute Gasteiger partial charge is 0.497 e. The Bertz CT molecular complexity index is 529. The van der Waals surface area contributed by atoms with Gasteiger partial charge in [-0.15, -0.1) is 0 Å². The highest BCUT2D eigenvalue weighted by Gasteiger charge is 2.18. The van der Waals surface area contributed by atoms with Gasteiger partial charge < -0.3 is 19.9 Å². The number of carbonyl (C=O) groups is 2. The lowest BCUT2D eigenvalue weighted by atomic mass is 10.0. The maximum Gasteiger partial charge on any atom is 0.303 e. The van der Waals surface area contributed by atoms with E-state index in [1.165, 1.54) is 0 Å². The Morgan fingerprint density at radius 2 is 1.86 bits per heavy atom. The van der Waals surface area contributed by atoms with Gasteiger partial charge in [0.05, 0.1) is 20.3 Å². The van der Waals surface area contributed by atoms with Gasteiger partial charge in [0, 0.05) is 18.4 Å². The Morgan fingerprint density at radius 1 is 1.18 bits per heavy atom. The van der Waals surface area contributed by atoms with Crippen LogP contribution in [-0.2, 0) is 9.59 Å². The minimum Gasteiger partial charge on any atom is -0.497 e. The zero-order valence-electron chi connectivity index (χ0n) is 13.4. The molecule has 122 valence electrons. The average molecular weight is 309 g/mol. The predicted molar refractivity (Wildman–Crippen MR) is 82.1 cm³/mol. The van der Waals surface area contributed by atoms with Crippen molar-refractivity contribution in [2.45, 2.75) is 32.7 Å². The van der Waals surface area contributed by atoms with E-state index in [0.29, 0.717) is 11.5 Å². The summed E-state index contributed by atoms with van der Waals surface area (Å²) >= 11 is 0. The summed E-state index contributed by atoms with van der Waals surface area (Å²) in [5.41, 5.74) is 0.807. The summed E-state index contributed by atoms with van der Waals surface area (Å²) in [5.74, 6) is 0.0363. The third-order valence-corrected chi connectivity index (χ3v) is 3.34. The molecule has 0 aromatic heterocycles. The molecule has 0 saturated carbocycles. The highest BCUT2D eigenvalue weighted by atomic mass is 16.5. The molecular formula is C16H23NO5. The van der Waals surface area contributed by atoms with Crippen molar-refractivity contribution in [3.8, 4) is 11.5 Å². The number of hydrogen-bond acceptors (Lipinski definition) is 4.